The summed E-state index contributed by atoms with van der Waals surface area (Å²) in [5, 5.41) is 11.0. The molecule has 1 aromatic carbocycles. The first kappa shape index (κ1) is 8.31. The summed E-state index contributed by atoms with van der Waals surface area (Å²) < 4.78 is 5.15. The molecule has 0 N–H and O–H groups in total. The van der Waals surface area contributed by atoms with Gasteiger partial charge in [0.2, 0.25) is 5.75 Å². The molecule has 0 unspecified atom stereocenters. The number of halogens is 1. The van der Waals surface area contributed by atoms with Crippen LogP contribution in [0.15, 0.2) is 12.1 Å². The van der Waals surface area contributed by atoms with Crippen LogP contribution in [0, 0.1) is 10.1 Å². The SMILES string of the molecule is O=[N+]([O-])c1cc(Cl)cc2c1OCC2. The number of hydrogen-bond donors (Lipinski definition) is 0. The topological polar surface area (TPSA) is 52.4 Å². The molecule has 0 amide bonds. The fourth-order valence-corrected chi connectivity index (χ4v) is 1.62. The molecule has 0 radical (unpaired) electrons. The first-order valence-electron chi connectivity index (χ1n) is 3.78. The summed E-state index contributed by atoms with van der Waals surface area (Å²) in [6.07, 6.45) is 0.691. The second-order valence-corrected chi connectivity index (χ2v) is 3.21. The highest BCUT2D eigenvalue weighted by molar-refractivity contribution is 6.31. The fourth-order valence-electron chi connectivity index (χ4n) is 1.39. The van der Waals surface area contributed by atoms with E-state index in [2.05, 4.69) is 0 Å². The van der Waals surface area contributed by atoms with E-state index in [1.165, 1.54) is 6.07 Å². The second-order valence-electron chi connectivity index (χ2n) is 2.77. The minimum Gasteiger partial charge on any atom is -0.486 e. The van der Waals surface area contributed by atoms with Crippen molar-refractivity contribution in [1.82, 2.24) is 0 Å². The van der Waals surface area contributed by atoms with Gasteiger partial charge in [-0.15, -0.1) is 0 Å². The number of nitro benzene ring substituents is 1. The third kappa shape index (κ3) is 1.33. The molecule has 0 bridgehead atoms. The molecule has 0 saturated carbocycles. The maximum Gasteiger partial charge on any atom is 0.312 e. The molecule has 0 aliphatic carbocycles. The van der Waals surface area contributed by atoms with E-state index >= 15 is 0 Å². The van der Waals surface area contributed by atoms with E-state index in [1.54, 1.807) is 6.07 Å². The highest BCUT2D eigenvalue weighted by Crippen LogP contribution is 2.37. The summed E-state index contributed by atoms with van der Waals surface area (Å²) in [6, 6.07) is 3.02. The molecule has 0 fully saturated rings. The van der Waals surface area contributed by atoms with Crippen molar-refractivity contribution >= 4 is 17.3 Å². The normalized spacial score (nSPS) is 13.6. The summed E-state index contributed by atoms with van der Waals surface area (Å²) in [5.74, 6) is 0.370. The van der Waals surface area contributed by atoms with Gasteiger partial charge in [0.25, 0.3) is 0 Å². The smallest absolute Gasteiger partial charge is 0.312 e. The molecule has 68 valence electrons. The van der Waals surface area contributed by atoms with Crippen molar-refractivity contribution in [2.24, 2.45) is 0 Å². The van der Waals surface area contributed by atoms with Crippen molar-refractivity contribution in [3.8, 4) is 5.75 Å². The van der Waals surface area contributed by atoms with Crippen LogP contribution in [0.25, 0.3) is 0 Å². The number of nitrogens with zero attached hydrogens (tertiary/aromatic N) is 1. The van der Waals surface area contributed by atoms with Crippen LogP contribution in [0.1, 0.15) is 5.56 Å². The van der Waals surface area contributed by atoms with Crippen molar-refractivity contribution in [3.05, 3.63) is 32.8 Å². The summed E-state index contributed by atoms with van der Waals surface area (Å²) in [6.45, 7) is 0.497. The van der Waals surface area contributed by atoms with Gasteiger partial charge in [-0.3, -0.25) is 10.1 Å². The molecule has 0 spiro atoms. The Morgan fingerprint density at radius 3 is 3.00 bits per heavy atom. The Balaban J connectivity index is 2.62. The molecule has 0 saturated heterocycles. The molecule has 2 rings (SSSR count). The predicted molar refractivity (Wildman–Crippen MR) is 47.3 cm³/mol. The van der Waals surface area contributed by atoms with Gasteiger partial charge in [-0.05, 0) is 6.07 Å². The van der Waals surface area contributed by atoms with E-state index in [9.17, 15) is 10.1 Å². The van der Waals surface area contributed by atoms with Crippen molar-refractivity contribution in [1.29, 1.82) is 0 Å². The van der Waals surface area contributed by atoms with Crippen LogP contribution >= 0.6 is 11.6 Å². The standard InChI is InChI=1S/C8H6ClNO3/c9-6-3-5-1-2-13-8(5)7(4-6)10(11)12/h3-4H,1-2H2. The first-order valence-corrected chi connectivity index (χ1v) is 4.16. The van der Waals surface area contributed by atoms with Crippen LogP contribution in [-0.4, -0.2) is 11.5 Å². The minimum atomic E-state index is -0.476. The fraction of sp³-hybridized carbons (Fsp3) is 0.250. The molecule has 13 heavy (non-hydrogen) atoms. The Hall–Kier alpha value is -1.29. The largest absolute Gasteiger partial charge is 0.486 e. The zero-order valence-corrected chi connectivity index (χ0v) is 7.37. The van der Waals surface area contributed by atoms with E-state index < -0.39 is 4.92 Å². The van der Waals surface area contributed by atoms with Crippen LogP contribution in [0.3, 0.4) is 0 Å². The Kier molecular flexibility index (Phi) is 1.84. The van der Waals surface area contributed by atoms with Gasteiger partial charge in [-0.2, -0.15) is 0 Å². The summed E-state index contributed by atoms with van der Waals surface area (Å²) in [4.78, 5) is 10.1. The van der Waals surface area contributed by atoms with Gasteiger partial charge < -0.3 is 4.74 Å². The number of rotatable bonds is 1. The van der Waals surface area contributed by atoms with Gasteiger partial charge in [0.05, 0.1) is 11.5 Å². The molecular weight excluding hydrogens is 194 g/mol. The Morgan fingerprint density at radius 1 is 1.54 bits per heavy atom. The van der Waals surface area contributed by atoms with Gasteiger partial charge in [0.1, 0.15) is 0 Å². The molecule has 5 heteroatoms. The van der Waals surface area contributed by atoms with Gasteiger partial charge in [-0.25, -0.2) is 0 Å². The van der Waals surface area contributed by atoms with Crippen LogP contribution < -0.4 is 4.74 Å². The van der Waals surface area contributed by atoms with Crippen molar-refractivity contribution in [2.45, 2.75) is 6.42 Å². The first-order chi connectivity index (χ1) is 6.18. The summed E-state index contributed by atoms with van der Waals surface area (Å²) in [7, 11) is 0. The average Bonchev–Trinajstić information content (AvgIpc) is 2.49. The Labute approximate surface area is 79.2 Å². The number of benzene rings is 1. The van der Waals surface area contributed by atoms with Crippen LogP contribution in [0.4, 0.5) is 5.69 Å². The van der Waals surface area contributed by atoms with Crippen LogP contribution in [-0.2, 0) is 6.42 Å². The predicted octanol–water partition coefficient (Wildman–Crippen LogP) is 2.18. The zero-order chi connectivity index (χ0) is 9.42. The monoisotopic (exact) mass is 199 g/mol. The van der Waals surface area contributed by atoms with E-state index in [0.29, 0.717) is 23.8 Å². The highest BCUT2D eigenvalue weighted by atomic mass is 35.5. The van der Waals surface area contributed by atoms with Gasteiger partial charge >= 0.3 is 5.69 Å². The molecule has 4 nitrogen and oxygen atoms in total. The Morgan fingerprint density at radius 2 is 2.31 bits per heavy atom. The second kappa shape index (κ2) is 2.88. The van der Waals surface area contributed by atoms with Crippen LogP contribution in [0.5, 0.6) is 5.75 Å². The van der Waals surface area contributed by atoms with E-state index in [0.717, 1.165) is 5.56 Å². The number of hydrogen-bond acceptors (Lipinski definition) is 3. The number of nitro groups is 1. The molecular formula is C8H6ClNO3. The molecule has 0 aromatic heterocycles. The molecule has 1 aliphatic rings. The number of ether oxygens (including phenoxy) is 1. The van der Waals surface area contributed by atoms with Crippen molar-refractivity contribution in [2.75, 3.05) is 6.61 Å². The Bertz CT molecular complexity index is 378. The zero-order valence-electron chi connectivity index (χ0n) is 6.62. The van der Waals surface area contributed by atoms with Crippen molar-refractivity contribution in [3.63, 3.8) is 0 Å². The average molecular weight is 200 g/mol. The molecule has 1 heterocycles. The van der Waals surface area contributed by atoms with E-state index in [1.807, 2.05) is 0 Å². The van der Waals surface area contributed by atoms with Gasteiger partial charge in [0.15, 0.2) is 0 Å². The maximum atomic E-state index is 10.6. The molecule has 1 aliphatic heterocycles. The van der Waals surface area contributed by atoms with Crippen LogP contribution in [0.2, 0.25) is 5.02 Å². The van der Waals surface area contributed by atoms with Crippen molar-refractivity contribution < 1.29 is 9.66 Å². The van der Waals surface area contributed by atoms with Gasteiger partial charge in [0, 0.05) is 23.1 Å². The van der Waals surface area contributed by atoms with Gasteiger partial charge in [-0.1, -0.05) is 11.6 Å². The summed E-state index contributed by atoms with van der Waals surface area (Å²) >= 11 is 5.71. The summed E-state index contributed by atoms with van der Waals surface area (Å²) in [5.41, 5.74) is 0.777. The molecule has 0 atom stereocenters. The maximum absolute atomic E-state index is 10.6. The number of fused-ring (bicyclic) bond motifs is 1. The van der Waals surface area contributed by atoms with E-state index in [4.69, 9.17) is 16.3 Å². The van der Waals surface area contributed by atoms with E-state index in [-0.39, 0.29) is 5.69 Å². The lowest BCUT2D eigenvalue weighted by Gasteiger charge is -2.00. The third-order valence-corrected chi connectivity index (χ3v) is 2.14. The quantitative estimate of drug-likeness (QED) is 0.515. The molecule has 1 aromatic rings. The lowest BCUT2D eigenvalue weighted by molar-refractivity contribution is -0.385. The highest BCUT2D eigenvalue weighted by Gasteiger charge is 2.24. The minimum absolute atomic E-state index is 0.0417. The lowest BCUT2D eigenvalue weighted by atomic mass is 10.1. The lowest BCUT2D eigenvalue weighted by Crippen LogP contribution is -1.93. The third-order valence-electron chi connectivity index (χ3n) is 1.93.